The minimum atomic E-state index is -0.0373. The predicted molar refractivity (Wildman–Crippen MR) is 74.4 cm³/mol. The summed E-state index contributed by atoms with van der Waals surface area (Å²) in [5.41, 5.74) is 2.35. The zero-order chi connectivity index (χ0) is 13.2. The van der Waals surface area contributed by atoms with Crippen LogP contribution in [0.3, 0.4) is 0 Å². The molecule has 0 unspecified atom stereocenters. The Morgan fingerprint density at radius 2 is 2.26 bits per heavy atom. The van der Waals surface area contributed by atoms with Crippen LogP contribution >= 0.6 is 11.8 Å². The topological polar surface area (TPSA) is 62.7 Å². The Labute approximate surface area is 113 Å². The third-order valence-electron chi connectivity index (χ3n) is 2.90. The molecule has 6 heteroatoms. The summed E-state index contributed by atoms with van der Waals surface area (Å²) in [6.45, 7) is 0.410. The van der Waals surface area contributed by atoms with Crippen molar-refractivity contribution in [3.05, 3.63) is 58.6 Å². The van der Waals surface area contributed by atoms with E-state index in [1.54, 1.807) is 16.9 Å². The molecule has 2 heterocycles. The standard InChI is InChI=1S/C13H11ClN4O/c14-15-8-9-6-13(19)11-7-10(2-3-12(11)17-9)18-5-1-4-16-18/h1-7,15H,8H2,(H,17,19). The van der Waals surface area contributed by atoms with Crippen molar-refractivity contribution in [2.45, 2.75) is 6.54 Å². The number of rotatable bonds is 3. The maximum absolute atomic E-state index is 12.1. The van der Waals surface area contributed by atoms with E-state index in [2.05, 4.69) is 14.9 Å². The van der Waals surface area contributed by atoms with Crippen LogP contribution in [0, 0.1) is 0 Å². The number of hydrogen-bond acceptors (Lipinski definition) is 3. The number of halogens is 1. The van der Waals surface area contributed by atoms with Crippen LogP contribution in [0.1, 0.15) is 5.69 Å². The van der Waals surface area contributed by atoms with Crippen LogP contribution in [0.25, 0.3) is 16.6 Å². The molecule has 0 aliphatic heterocycles. The Balaban J connectivity index is 2.16. The molecule has 0 amide bonds. The molecule has 0 bridgehead atoms. The van der Waals surface area contributed by atoms with E-state index >= 15 is 0 Å². The van der Waals surface area contributed by atoms with Gasteiger partial charge in [0.25, 0.3) is 0 Å². The van der Waals surface area contributed by atoms with Crippen molar-refractivity contribution in [3.8, 4) is 5.69 Å². The Bertz CT molecular complexity index is 764. The van der Waals surface area contributed by atoms with Crippen molar-refractivity contribution in [3.63, 3.8) is 0 Å². The van der Waals surface area contributed by atoms with Crippen molar-refractivity contribution < 1.29 is 0 Å². The first-order chi connectivity index (χ1) is 9.28. The van der Waals surface area contributed by atoms with Gasteiger partial charge in [-0.05, 0) is 36.0 Å². The molecule has 0 spiro atoms. The van der Waals surface area contributed by atoms with Crippen LogP contribution in [0.2, 0.25) is 0 Å². The lowest BCUT2D eigenvalue weighted by atomic mass is 10.1. The summed E-state index contributed by atoms with van der Waals surface area (Å²) in [6.07, 6.45) is 3.53. The molecule has 0 aliphatic carbocycles. The molecule has 0 aliphatic rings. The molecule has 2 aromatic heterocycles. The molecule has 96 valence electrons. The summed E-state index contributed by atoms with van der Waals surface area (Å²) in [5.74, 6) is 0. The van der Waals surface area contributed by atoms with Gasteiger partial charge < -0.3 is 4.98 Å². The van der Waals surface area contributed by atoms with Gasteiger partial charge in [0.1, 0.15) is 0 Å². The molecule has 0 saturated heterocycles. The molecule has 0 radical (unpaired) electrons. The van der Waals surface area contributed by atoms with E-state index < -0.39 is 0 Å². The molecular weight excluding hydrogens is 264 g/mol. The molecular formula is C13H11ClN4O. The molecule has 3 aromatic rings. The number of hydrogen-bond donors (Lipinski definition) is 2. The molecule has 3 rings (SSSR count). The number of pyridine rings is 1. The quantitative estimate of drug-likeness (QED) is 0.718. The second kappa shape index (κ2) is 4.87. The van der Waals surface area contributed by atoms with Gasteiger partial charge in [0.05, 0.1) is 12.2 Å². The van der Waals surface area contributed by atoms with Crippen molar-refractivity contribution >= 4 is 22.7 Å². The highest BCUT2D eigenvalue weighted by Crippen LogP contribution is 2.14. The summed E-state index contributed by atoms with van der Waals surface area (Å²) in [5, 5.41) is 4.78. The zero-order valence-corrected chi connectivity index (χ0v) is 10.7. The van der Waals surface area contributed by atoms with E-state index in [0.717, 1.165) is 16.9 Å². The van der Waals surface area contributed by atoms with Crippen LogP contribution in [0.4, 0.5) is 0 Å². The van der Waals surface area contributed by atoms with Crippen LogP contribution in [0.5, 0.6) is 0 Å². The second-order valence-corrected chi connectivity index (χ2v) is 4.42. The van der Waals surface area contributed by atoms with Gasteiger partial charge in [0.2, 0.25) is 0 Å². The molecule has 1 aromatic carbocycles. The van der Waals surface area contributed by atoms with Crippen LogP contribution < -0.4 is 10.3 Å². The maximum atomic E-state index is 12.1. The SMILES string of the molecule is O=c1cc(CNCl)[nH]c2ccc(-n3cccn3)cc12. The molecule has 2 N–H and O–H groups in total. The monoisotopic (exact) mass is 274 g/mol. The molecule has 0 saturated carbocycles. The summed E-state index contributed by atoms with van der Waals surface area (Å²) in [4.78, 5) is 17.7. The van der Waals surface area contributed by atoms with E-state index in [1.165, 1.54) is 0 Å². The number of H-pyrrole nitrogens is 1. The average molecular weight is 275 g/mol. The number of aromatic amines is 1. The summed E-state index contributed by atoms with van der Waals surface area (Å²) in [7, 11) is 0. The van der Waals surface area contributed by atoms with Crippen molar-refractivity contribution in [1.29, 1.82) is 0 Å². The number of benzene rings is 1. The Kier molecular flexibility index (Phi) is 3.06. The van der Waals surface area contributed by atoms with E-state index in [-0.39, 0.29) is 5.43 Å². The Hall–Kier alpha value is -2.11. The largest absolute Gasteiger partial charge is 0.357 e. The van der Waals surface area contributed by atoms with E-state index in [4.69, 9.17) is 11.8 Å². The summed E-state index contributed by atoms with van der Waals surface area (Å²) in [6, 6.07) is 8.97. The third-order valence-corrected chi connectivity index (χ3v) is 3.03. The Morgan fingerprint density at radius 3 is 3.00 bits per heavy atom. The van der Waals surface area contributed by atoms with E-state index in [1.807, 2.05) is 30.5 Å². The average Bonchev–Trinajstić information content (AvgIpc) is 2.93. The maximum Gasteiger partial charge on any atom is 0.189 e. The van der Waals surface area contributed by atoms with E-state index in [9.17, 15) is 4.79 Å². The minimum absolute atomic E-state index is 0.0373. The predicted octanol–water partition coefficient (Wildman–Crippen LogP) is 1.96. The molecule has 5 nitrogen and oxygen atoms in total. The molecule has 0 atom stereocenters. The van der Waals surface area contributed by atoms with Gasteiger partial charge in [-0.3, -0.25) is 4.79 Å². The number of fused-ring (bicyclic) bond motifs is 1. The fourth-order valence-corrected chi connectivity index (χ4v) is 2.17. The van der Waals surface area contributed by atoms with Gasteiger partial charge in [-0.2, -0.15) is 5.10 Å². The van der Waals surface area contributed by atoms with Crippen LogP contribution in [-0.2, 0) is 6.54 Å². The van der Waals surface area contributed by atoms with Crippen molar-refractivity contribution in [2.75, 3.05) is 0 Å². The van der Waals surface area contributed by atoms with Crippen LogP contribution in [-0.4, -0.2) is 14.8 Å². The van der Waals surface area contributed by atoms with Gasteiger partial charge in [-0.1, -0.05) is 0 Å². The van der Waals surface area contributed by atoms with Gasteiger partial charge in [0, 0.05) is 35.1 Å². The first kappa shape index (κ1) is 12.0. The first-order valence-corrected chi connectivity index (χ1v) is 6.15. The van der Waals surface area contributed by atoms with Crippen molar-refractivity contribution in [2.24, 2.45) is 0 Å². The van der Waals surface area contributed by atoms with Crippen molar-refractivity contribution in [1.82, 2.24) is 19.6 Å². The second-order valence-electron chi connectivity index (χ2n) is 4.15. The summed E-state index contributed by atoms with van der Waals surface area (Å²) < 4.78 is 1.72. The fourth-order valence-electron chi connectivity index (χ4n) is 2.02. The first-order valence-electron chi connectivity index (χ1n) is 5.77. The fraction of sp³-hybridized carbons (Fsp3) is 0.0769. The smallest absolute Gasteiger partial charge is 0.189 e. The van der Waals surface area contributed by atoms with Gasteiger partial charge in [-0.25, -0.2) is 9.52 Å². The zero-order valence-electron chi connectivity index (χ0n) is 9.93. The van der Waals surface area contributed by atoms with Gasteiger partial charge in [-0.15, -0.1) is 0 Å². The van der Waals surface area contributed by atoms with Crippen LogP contribution in [0.15, 0.2) is 47.5 Å². The number of aromatic nitrogens is 3. The van der Waals surface area contributed by atoms with E-state index in [0.29, 0.717) is 11.9 Å². The lowest BCUT2D eigenvalue weighted by Gasteiger charge is -2.06. The highest BCUT2D eigenvalue weighted by atomic mass is 35.5. The molecule has 0 fully saturated rings. The Morgan fingerprint density at radius 1 is 1.37 bits per heavy atom. The molecule has 19 heavy (non-hydrogen) atoms. The lowest BCUT2D eigenvalue weighted by molar-refractivity contribution is 0.881. The number of nitrogens with one attached hydrogen (secondary N) is 2. The highest BCUT2D eigenvalue weighted by Gasteiger charge is 2.04. The summed E-state index contributed by atoms with van der Waals surface area (Å²) >= 11 is 5.45. The normalized spacial score (nSPS) is 11.0. The third kappa shape index (κ3) is 2.25. The number of nitrogens with zero attached hydrogens (tertiary/aromatic N) is 2. The lowest BCUT2D eigenvalue weighted by Crippen LogP contribution is -2.09. The van der Waals surface area contributed by atoms with Gasteiger partial charge >= 0.3 is 0 Å². The van der Waals surface area contributed by atoms with Gasteiger partial charge in [0.15, 0.2) is 5.43 Å². The minimum Gasteiger partial charge on any atom is -0.357 e. The highest BCUT2D eigenvalue weighted by molar-refractivity contribution is 6.13.